The minimum atomic E-state index is -4.32. The highest BCUT2D eigenvalue weighted by Crippen LogP contribution is 2.24. The summed E-state index contributed by atoms with van der Waals surface area (Å²) in [5.74, 6) is -5.47. The first-order chi connectivity index (χ1) is 33.0. The lowest BCUT2D eigenvalue weighted by molar-refractivity contribution is -0.142. The largest absolute Gasteiger partial charge is 0.481 e. The molecule has 1 heterocycles. The van der Waals surface area contributed by atoms with Crippen molar-refractivity contribution in [3.63, 3.8) is 0 Å². The molecule has 0 spiro atoms. The Hall–Kier alpha value is -5.89. The van der Waals surface area contributed by atoms with Crippen LogP contribution in [-0.4, -0.2) is 107 Å². The van der Waals surface area contributed by atoms with Gasteiger partial charge in [-0.25, -0.2) is 0 Å². The summed E-state index contributed by atoms with van der Waals surface area (Å²) in [6.45, 7) is 7.29. The van der Waals surface area contributed by atoms with Crippen molar-refractivity contribution < 1.29 is 51.6 Å². The molecule has 1 aliphatic heterocycles. The third-order valence-electron chi connectivity index (χ3n) is 11.6. The Morgan fingerprint density at radius 3 is 2.09 bits per heavy atom. The zero-order valence-corrected chi connectivity index (χ0v) is 42.6. The highest BCUT2D eigenvalue weighted by Gasteiger charge is 2.40. The normalized spacial score (nSPS) is 15.5. The summed E-state index contributed by atoms with van der Waals surface area (Å²) in [4.78, 5) is 97.7. The number of nitrogens with zero attached hydrogens (tertiary/aromatic N) is 1. The number of carbonyl (C=O) groups excluding carboxylic acids is 6. The number of nitrogens with one attached hydrogen (secondary N) is 5. The monoisotopic (exact) mass is 1070 g/mol. The lowest BCUT2D eigenvalue weighted by atomic mass is 9.97. The van der Waals surface area contributed by atoms with Crippen LogP contribution in [0.3, 0.4) is 0 Å². The summed E-state index contributed by atoms with van der Waals surface area (Å²) in [5, 5.41) is 25.4. The van der Waals surface area contributed by atoms with Gasteiger partial charge in [0.25, 0.3) is 16.0 Å². The van der Waals surface area contributed by atoms with Crippen molar-refractivity contribution in [1.82, 2.24) is 31.5 Å². The Balaban J connectivity index is 1.40. The van der Waals surface area contributed by atoms with Gasteiger partial charge in [0.1, 0.15) is 36.0 Å². The van der Waals surface area contributed by atoms with Gasteiger partial charge >= 0.3 is 5.97 Å². The van der Waals surface area contributed by atoms with Gasteiger partial charge in [0.15, 0.2) is 0 Å². The molecule has 0 aliphatic carbocycles. The number of halogens is 2. The summed E-state index contributed by atoms with van der Waals surface area (Å²) in [5.41, 5.74) is 0.988. The first kappa shape index (κ1) is 55.0. The molecule has 5 rings (SSSR count). The molecule has 7 N–H and O–H groups in total. The fourth-order valence-electron chi connectivity index (χ4n) is 8.28. The summed E-state index contributed by atoms with van der Waals surface area (Å²) < 4.78 is 32.7. The van der Waals surface area contributed by atoms with Gasteiger partial charge < -0.3 is 36.6 Å². The van der Waals surface area contributed by atoms with Crippen molar-refractivity contribution in [2.45, 2.75) is 127 Å². The first-order valence-corrected chi connectivity index (χ1v) is 25.8. The maximum absolute atomic E-state index is 14.6. The van der Waals surface area contributed by atoms with Crippen LogP contribution in [0.25, 0.3) is 10.8 Å². The van der Waals surface area contributed by atoms with Gasteiger partial charge in [-0.2, -0.15) is 8.42 Å². The number of carboxylic acid groups (broad SMARTS) is 1. The predicted octanol–water partition coefficient (Wildman–Crippen LogP) is 5.64. The van der Waals surface area contributed by atoms with Crippen molar-refractivity contribution >= 4 is 89.8 Å². The molecule has 0 unspecified atom stereocenters. The number of fused-ring (bicyclic) bond motifs is 1. The van der Waals surface area contributed by atoms with Gasteiger partial charge in [-0.3, -0.25) is 38.1 Å². The fraction of sp³-hybridized carbons (Fsp3) is 0.420. The summed E-state index contributed by atoms with van der Waals surface area (Å²) in [6.07, 6.45) is 1.03. The van der Waals surface area contributed by atoms with Gasteiger partial charge in [-0.1, -0.05) is 91.7 Å². The Morgan fingerprint density at radius 1 is 0.786 bits per heavy atom. The number of rotatable bonds is 22. The summed E-state index contributed by atoms with van der Waals surface area (Å²) in [7, 11) is -4.32. The van der Waals surface area contributed by atoms with E-state index in [4.69, 9.17) is 11.6 Å². The number of benzene rings is 4. The smallest absolute Gasteiger partial charge is 0.303 e. The second kappa shape index (κ2) is 24.8. The average molecular weight is 1070 g/mol. The summed E-state index contributed by atoms with van der Waals surface area (Å²) >= 11 is 9.55. The van der Waals surface area contributed by atoms with E-state index in [0.29, 0.717) is 22.9 Å². The lowest BCUT2D eigenvalue weighted by Crippen LogP contribution is -2.59. The SMILES string of the molecule is CCC[C@H](NC(=O)[C@H](Cc1ccc(CS(=O)(=O)O)cc1)NC(=O)c1cc(Cl)ccc1Br)C(=O)N1CCC[C@H]1C(=O)N[C@@H](Cc1cccc2ccccc12)C(=O)N[C@@H](CCCC(=O)O)C(=O)NC(C)(C)C. The second-order valence-electron chi connectivity index (χ2n) is 18.4. The highest BCUT2D eigenvalue weighted by molar-refractivity contribution is 9.10. The third-order valence-corrected chi connectivity index (χ3v) is 13.2. The molecule has 20 heteroatoms. The fourth-order valence-corrected chi connectivity index (χ4v) is 9.49. The van der Waals surface area contributed by atoms with Crippen molar-refractivity contribution in [2.24, 2.45) is 0 Å². The number of hydrogen-bond donors (Lipinski definition) is 7. The third kappa shape index (κ3) is 16.3. The van der Waals surface area contributed by atoms with Gasteiger partial charge in [0.05, 0.1) is 5.56 Å². The number of amides is 6. The quantitative estimate of drug-likeness (QED) is 0.0474. The molecule has 4 aromatic rings. The average Bonchev–Trinajstić information content (AvgIpc) is 3.78. The first-order valence-electron chi connectivity index (χ1n) is 23.0. The van der Waals surface area contributed by atoms with Crippen LogP contribution < -0.4 is 26.6 Å². The Bertz CT molecular complexity index is 2680. The summed E-state index contributed by atoms with van der Waals surface area (Å²) in [6, 6.07) is 17.9. The van der Waals surface area contributed by atoms with Crippen LogP contribution in [0.1, 0.15) is 99.7 Å². The van der Waals surface area contributed by atoms with Gasteiger partial charge in [-0.15, -0.1) is 0 Å². The van der Waals surface area contributed by atoms with E-state index in [1.807, 2.05) is 49.4 Å². The van der Waals surface area contributed by atoms with E-state index in [2.05, 4.69) is 42.5 Å². The van der Waals surface area contributed by atoms with Crippen LogP contribution in [0.2, 0.25) is 5.02 Å². The lowest BCUT2D eigenvalue weighted by Gasteiger charge is -2.31. The molecule has 1 saturated heterocycles. The molecule has 5 atom stereocenters. The Labute approximate surface area is 421 Å². The number of hydrogen-bond acceptors (Lipinski definition) is 9. The number of carboxylic acids is 1. The minimum absolute atomic E-state index is 0.00102. The minimum Gasteiger partial charge on any atom is -0.481 e. The van der Waals surface area contributed by atoms with Crippen molar-refractivity contribution in [3.8, 4) is 0 Å². The molecule has 4 aromatic carbocycles. The van der Waals surface area contributed by atoms with Crippen LogP contribution in [0.15, 0.2) is 89.4 Å². The molecule has 0 aromatic heterocycles. The molecule has 376 valence electrons. The van der Waals surface area contributed by atoms with E-state index >= 15 is 0 Å². The highest BCUT2D eigenvalue weighted by atomic mass is 79.9. The topological polar surface area (TPSA) is 257 Å². The van der Waals surface area contributed by atoms with Crippen LogP contribution in [0, 0.1) is 0 Å². The van der Waals surface area contributed by atoms with Crippen LogP contribution >= 0.6 is 27.5 Å². The maximum atomic E-state index is 14.6. The standard InChI is InChI=1S/C50H60BrClN6O11S/c1-5-11-39(54-45(62)40(55-44(61)36-28-34(52)23-24-37(36)51)26-30-19-21-31(22-20-30)29-70(67,68)69)49(66)58-25-10-17-42(58)48(65)56-41(27-33-14-8-13-32-12-6-7-15-35(32)33)46(63)53-38(16-9-18-43(59)60)47(64)57-50(2,3)4/h6-8,12-15,19-24,28,38-42H,5,9-11,16-18,25-27,29H2,1-4H3,(H,53,63)(H,54,62)(H,55,61)(H,56,65)(H,57,64)(H,59,60)(H,67,68,69)/t38-,39-,40-,41-,42-/m0/s1. The molecule has 17 nitrogen and oxygen atoms in total. The van der Waals surface area contributed by atoms with E-state index in [9.17, 15) is 51.6 Å². The van der Waals surface area contributed by atoms with E-state index in [-0.39, 0.29) is 67.6 Å². The Morgan fingerprint density at radius 2 is 1.43 bits per heavy atom. The van der Waals surface area contributed by atoms with E-state index < -0.39 is 93.0 Å². The van der Waals surface area contributed by atoms with Crippen molar-refractivity contribution in [3.05, 3.63) is 117 Å². The van der Waals surface area contributed by atoms with Crippen molar-refractivity contribution in [2.75, 3.05) is 6.54 Å². The van der Waals surface area contributed by atoms with E-state index in [0.717, 1.165) is 16.3 Å². The van der Waals surface area contributed by atoms with E-state index in [1.165, 1.54) is 23.1 Å². The number of likely N-dealkylation sites (tertiary alicyclic amines) is 1. The van der Waals surface area contributed by atoms with Crippen LogP contribution in [-0.2, 0) is 57.5 Å². The van der Waals surface area contributed by atoms with Crippen LogP contribution in [0.4, 0.5) is 0 Å². The van der Waals surface area contributed by atoms with Crippen molar-refractivity contribution in [1.29, 1.82) is 0 Å². The zero-order valence-electron chi connectivity index (χ0n) is 39.4. The Kier molecular flexibility index (Phi) is 19.5. The maximum Gasteiger partial charge on any atom is 0.303 e. The number of aliphatic carboxylic acids is 1. The second-order valence-corrected chi connectivity index (χ2v) is 21.2. The number of carbonyl (C=O) groups is 7. The van der Waals surface area contributed by atoms with E-state index in [1.54, 1.807) is 45.0 Å². The van der Waals surface area contributed by atoms with Crippen LogP contribution in [0.5, 0.6) is 0 Å². The molecule has 0 bridgehead atoms. The molecule has 0 saturated carbocycles. The molecule has 1 aliphatic rings. The molecular weight excluding hydrogens is 1010 g/mol. The predicted molar refractivity (Wildman–Crippen MR) is 268 cm³/mol. The molecular formula is C50H60BrClN6O11S. The molecule has 6 amide bonds. The molecule has 1 fully saturated rings. The zero-order chi connectivity index (χ0) is 51.3. The van der Waals surface area contributed by atoms with Gasteiger partial charge in [-0.05, 0) is 114 Å². The van der Waals surface area contributed by atoms with Gasteiger partial charge in [0, 0.05) is 40.8 Å². The molecule has 0 radical (unpaired) electrons. The molecule has 70 heavy (non-hydrogen) atoms. The van der Waals surface area contributed by atoms with Gasteiger partial charge in [0.2, 0.25) is 29.5 Å².